The molecule has 0 aromatic heterocycles. The van der Waals surface area contributed by atoms with Crippen LogP contribution >= 0.6 is 15.9 Å². The summed E-state index contributed by atoms with van der Waals surface area (Å²) in [6.07, 6.45) is 9.28. The molecule has 1 atom stereocenters. The Morgan fingerprint density at radius 1 is 1.00 bits per heavy atom. The van der Waals surface area contributed by atoms with Crippen LogP contribution in [0.2, 0.25) is 0 Å². The zero-order valence-electron chi connectivity index (χ0n) is 12.4. The van der Waals surface area contributed by atoms with Crippen LogP contribution in [-0.2, 0) is 14.3 Å². The summed E-state index contributed by atoms with van der Waals surface area (Å²) in [5.74, 6) is -3.09. The van der Waals surface area contributed by atoms with Gasteiger partial charge in [-0.2, -0.15) is 0 Å². The highest BCUT2D eigenvalue weighted by atomic mass is 79.9. The topological polar surface area (TPSA) is 66.4 Å². The molecule has 0 aliphatic carbocycles. The summed E-state index contributed by atoms with van der Waals surface area (Å²) in [4.78, 5) is 22.3. The zero-order chi connectivity index (χ0) is 15.2. The van der Waals surface area contributed by atoms with Gasteiger partial charge in [0.05, 0.1) is 18.5 Å². The summed E-state index contributed by atoms with van der Waals surface area (Å²) in [5, 5.41) is 11.9. The van der Waals surface area contributed by atoms with Crippen molar-refractivity contribution in [2.45, 2.75) is 64.7 Å². The van der Waals surface area contributed by atoms with Gasteiger partial charge in [-0.25, -0.2) is 0 Å². The zero-order valence-corrected chi connectivity index (χ0v) is 14.0. The maximum absolute atomic E-state index is 11.4. The van der Waals surface area contributed by atoms with Crippen LogP contribution in [-0.4, -0.2) is 23.9 Å². The van der Waals surface area contributed by atoms with Gasteiger partial charge in [0.2, 0.25) is 0 Å². The second kappa shape index (κ2) is 13.4. The second-order valence-electron chi connectivity index (χ2n) is 4.93. The lowest BCUT2D eigenvalue weighted by Crippen LogP contribution is -2.37. The van der Waals surface area contributed by atoms with Gasteiger partial charge >= 0.3 is 5.97 Å². The van der Waals surface area contributed by atoms with Crippen LogP contribution in [0.5, 0.6) is 0 Å². The number of halogens is 1. The Labute approximate surface area is 130 Å². The normalized spacial score (nSPS) is 12.1. The molecule has 0 spiro atoms. The van der Waals surface area contributed by atoms with E-state index in [0.29, 0.717) is 6.42 Å². The summed E-state index contributed by atoms with van der Waals surface area (Å²) >= 11 is 3.41. The lowest BCUT2D eigenvalue weighted by Gasteiger charge is -2.16. The van der Waals surface area contributed by atoms with Crippen molar-refractivity contribution in [1.82, 2.24) is 0 Å². The SMILES string of the molecule is CCOC(=O)C(CCCCCCCCCCBr)C(=O)[O-]. The van der Waals surface area contributed by atoms with Crippen molar-refractivity contribution < 1.29 is 19.4 Å². The molecule has 0 rings (SSSR count). The molecule has 0 heterocycles. The van der Waals surface area contributed by atoms with Crippen molar-refractivity contribution in [2.24, 2.45) is 5.92 Å². The molecule has 0 radical (unpaired) electrons. The highest BCUT2D eigenvalue weighted by Gasteiger charge is 2.20. The Balaban J connectivity index is 3.59. The first-order chi connectivity index (χ1) is 9.63. The number of carboxylic acid groups (broad SMARTS) is 1. The van der Waals surface area contributed by atoms with Gasteiger partial charge in [-0.15, -0.1) is 0 Å². The summed E-state index contributed by atoms with van der Waals surface area (Å²) < 4.78 is 4.73. The van der Waals surface area contributed by atoms with Crippen LogP contribution in [0.25, 0.3) is 0 Å². The molecule has 4 nitrogen and oxygen atoms in total. The van der Waals surface area contributed by atoms with E-state index < -0.39 is 17.9 Å². The van der Waals surface area contributed by atoms with E-state index in [1.807, 2.05) is 0 Å². The van der Waals surface area contributed by atoms with Gasteiger partial charge in [0.1, 0.15) is 0 Å². The molecule has 0 aliphatic heterocycles. The quantitative estimate of drug-likeness (QED) is 0.222. The number of alkyl halides is 1. The van der Waals surface area contributed by atoms with Gasteiger partial charge in [-0.1, -0.05) is 60.9 Å². The van der Waals surface area contributed by atoms with Crippen molar-refractivity contribution in [3.05, 3.63) is 0 Å². The van der Waals surface area contributed by atoms with E-state index in [4.69, 9.17) is 4.74 Å². The Hall–Kier alpha value is -0.580. The van der Waals surface area contributed by atoms with Crippen LogP contribution in [0.3, 0.4) is 0 Å². The molecule has 0 aromatic rings. The first kappa shape index (κ1) is 19.4. The molecule has 0 aromatic carbocycles. The number of hydrogen-bond donors (Lipinski definition) is 0. The van der Waals surface area contributed by atoms with Crippen LogP contribution in [0, 0.1) is 5.92 Å². The molecule has 0 saturated heterocycles. The van der Waals surface area contributed by atoms with Crippen LogP contribution < -0.4 is 5.11 Å². The standard InChI is InChI=1S/C15H27BrO4/c1-2-20-15(19)13(14(17)18)11-9-7-5-3-4-6-8-10-12-16/h13H,2-12H2,1H3,(H,17,18)/p-1. The average molecular weight is 350 g/mol. The fourth-order valence-corrected chi connectivity index (χ4v) is 2.47. The summed E-state index contributed by atoms with van der Waals surface area (Å²) in [7, 11) is 0. The highest BCUT2D eigenvalue weighted by molar-refractivity contribution is 9.09. The highest BCUT2D eigenvalue weighted by Crippen LogP contribution is 2.14. The predicted octanol–water partition coefficient (Wildman–Crippen LogP) is 2.82. The number of hydrogen-bond acceptors (Lipinski definition) is 4. The van der Waals surface area contributed by atoms with Crippen LogP contribution in [0.15, 0.2) is 0 Å². The number of unbranched alkanes of at least 4 members (excludes halogenated alkanes) is 7. The molecular weight excluding hydrogens is 324 g/mol. The lowest BCUT2D eigenvalue weighted by atomic mass is 10.00. The minimum atomic E-state index is -1.32. The van der Waals surface area contributed by atoms with Crippen molar-refractivity contribution in [3.8, 4) is 0 Å². The predicted molar refractivity (Wildman–Crippen MR) is 80.5 cm³/mol. The molecule has 118 valence electrons. The fourth-order valence-electron chi connectivity index (χ4n) is 2.08. The maximum atomic E-state index is 11.4. The Kier molecular flexibility index (Phi) is 13.0. The monoisotopic (exact) mass is 349 g/mol. The van der Waals surface area contributed by atoms with E-state index in [-0.39, 0.29) is 6.61 Å². The minimum Gasteiger partial charge on any atom is -0.549 e. The van der Waals surface area contributed by atoms with Gasteiger partial charge in [-0.3, -0.25) is 4.79 Å². The fraction of sp³-hybridized carbons (Fsp3) is 0.867. The number of ether oxygens (including phenoxy) is 1. The van der Waals surface area contributed by atoms with Crippen molar-refractivity contribution in [3.63, 3.8) is 0 Å². The van der Waals surface area contributed by atoms with Crippen molar-refractivity contribution in [2.75, 3.05) is 11.9 Å². The number of rotatable bonds is 13. The summed E-state index contributed by atoms with van der Waals surface area (Å²) in [6, 6.07) is 0. The number of carboxylic acids is 1. The van der Waals surface area contributed by atoms with E-state index in [1.165, 1.54) is 32.1 Å². The smallest absolute Gasteiger partial charge is 0.314 e. The van der Waals surface area contributed by atoms with Gasteiger partial charge in [-0.05, 0) is 19.8 Å². The summed E-state index contributed by atoms with van der Waals surface area (Å²) in [6.45, 7) is 1.87. The largest absolute Gasteiger partial charge is 0.549 e. The van der Waals surface area contributed by atoms with Gasteiger partial charge in [0.25, 0.3) is 0 Å². The third-order valence-corrected chi connectivity index (χ3v) is 3.79. The Morgan fingerprint density at radius 2 is 1.50 bits per heavy atom. The number of carbonyl (C=O) groups is 2. The molecule has 1 unspecified atom stereocenters. The number of carbonyl (C=O) groups excluding carboxylic acids is 2. The third-order valence-electron chi connectivity index (χ3n) is 3.23. The molecule has 0 saturated carbocycles. The molecule has 5 heteroatoms. The van der Waals surface area contributed by atoms with Gasteiger partial charge in [0.15, 0.2) is 0 Å². The molecule has 0 fully saturated rings. The molecule has 0 amide bonds. The van der Waals surface area contributed by atoms with E-state index >= 15 is 0 Å². The molecule has 0 N–H and O–H groups in total. The molecule has 0 aliphatic rings. The van der Waals surface area contributed by atoms with E-state index in [9.17, 15) is 14.7 Å². The third kappa shape index (κ3) is 10.2. The van der Waals surface area contributed by atoms with Crippen molar-refractivity contribution in [1.29, 1.82) is 0 Å². The summed E-state index contributed by atoms with van der Waals surface area (Å²) in [5.41, 5.74) is 0. The average Bonchev–Trinajstić information content (AvgIpc) is 2.40. The van der Waals surface area contributed by atoms with E-state index in [2.05, 4.69) is 15.9 Å². The van der Waals surface area contributed by atoms with Crippen molar-refractivity contribution >= 4 is 27.9 Å². The maximum Gasteiger partial charge on any atom is 0.314 e. The first-order valence-electron chi connectivity index (χ1n) is 7.57. The Morgan fingerprint density at radius 3 is 1.95 bits per heavy atom. The number of aliphatic carboxylic acids is 1. The van der Waals surface area contributed by atoms with Gasteiger partial charge in [0, 0.05) is 5.33 Å². The first-order valence-corrected chi connectivity index (χ1v) is 8.69. The van der Waals surface area contributed by atoms with E-state index in [1.54, 1.807) is 6.92 Å². The van der Waals surface area contributed by atoms with Crippen LogP contribution in [0.1, 0.15) is 64.7 Å². The second-order valence-corrected chi connectivity index (χ2v) is 5.72. The lowest BCUT2D eigenvalue weighted by molar-refractivity contribution is -0.311. The van der Waals surface area contributed by atoms with E-state index in [0.717, 1.165) is 24.6 Å². The Bertz CT molecular complexity index is 269. The molecule has 20 heavy (non-hydrogen) atoms. The number of esters is 1. The molecular formula is C15H26BrO4-. The molecule has 0 bridgehead atoms. The van der Waals surface area contributed by atoms with Crippen LogP contribution in [0.4, 0.5) is 0 Å². The van der Waals surface area contributed by atoms with Gasteiger partial charge < -0.3 is 14.6 Å². The minimum absolute atomic E-state index is 0.205.